The van der Waals surface area contributed by atoms with Crippen molar-refractivity contribution >= 4 is 5.57 Å². The smallest absolute Gasteiger partial charge is 0.00149 e. The number of rotatable bonds is 3. The molecule has 17 heavy (non-hydrogen) atoms. The van der Waals surface area contributed by atoms with Gasteiger partial charge in [0.25, 0.3) is 0 Å². The molecule has 1 atom stereocenters. The molecule has 0 heterocycles. The molecular formula is C17H22. The molecule has 0 amide bonds. The van der Waals surface area contributed by atoms with Gasteiger partial charge in [0.15, 0.2) is 0 Å². The first kappa shape index (κ1) is 12.2. The zero-order chi connectivity index (χ0) is 12.4. The molecule has 90 valence electrons. The van der Waals surface area contributed by atoms with Crippen LogP contribution in [0.3, 0.4) is 0 Å². The summed E-state index contributed by atoms with van der Waals surface area (Å²) in [4.78, 5) is 0. The van der Waals surface area contributed by atoms with Crippen LogP contribution in [-0.2, 0) is 0 Å². The first-order valence-electron chi connectivity index (χ1n) is 6.58. The molecule has 0 fully saturated rings. The summed E-state index contributed by atoms with van der Waals surface area (Å²) in [5.41, 5.74) is 4.32. The Morgan fingerprint density at radius 1 is 0.941 bits per heavy atom. The summed E-state index contributed by atoms with van der Waals surface area (Å²) >= 11 is 0. The first-order valence-corrected chi connectivity index (χ1v) is 6.58. The van der Waals surface area contributed by atoms with E-state index in [1.165, 1.54) is 11.1 Å². The predicted molar refractivity (Wildman–Crippen MR) is 75.7 cm³/mol. The fraction of sp³-hybridized carbons (Fsp3) is 0.412. The van der Waals surface area contributed by atoms with Crippen molar-refractivity contribution in [2.45, 2.75) is 27.7 Å². The summed E-state index contributed by atoms with van der Waals surface area (Å²) in [6.07, 6.45) is 4.83. The van der Waals surface area contributed by atoms with Gasteiger partial charge in [-0.05, 0) is 23.0 Å². The van der Waals surface area contributed by atoms with Gasteiger partial charge < -0.3 is 0 Å². The summed E-state index contributed by atoms with van der Waals surface area (Å²) in [6, 6.07) is 10.7. The van der Waals surface area contributed by atoms with Gasteiger partial charge in [-0.25, -0.2) is 0 Å². The Balaban J connectivity index is 2.35. The van der Waals surface area contributed by atoms with Crippen molar-refractivity contribution in [3.05, 3.63) is 53.6 Å². The van der Waals surface area contributed by atoms with Gasteiger partial charge >= 0.3 is 0 Å². The minimum Gasteiger partial charge on any atom is -0.0692 e. The van der Waals surface area contributed by atoms with E-state index < -0.39 is 0 Å². The molecule has 0 radical (unpaired) electrons. The lowest BCUT2D eigenvalue weighted by atomic mass is 9.85. The Labute approximate surface area is 105 Å². The highest BCUT2D eigenvalue weighted by Crippen LogP contribution is 2.38. The first-order chi connectivity index (χ1) is 8.09. The van der Waals surface area contributed by atoms with Crippen molar-refractivity contribution in [3.8, 4) is 0 Å². The highest BCUT2D eigenvalue weighted by Gasteiger charge is 2.24. The average molecular weight is 226 g/mol. The normalized spacial score (nSPS) is 19.8. The molecule has 0 aromatic heterocycles. The van der Waals surface area contributed by atoms with E-state index in [9.17, 15) is 0 Å². The molecule has 0 aliphatic heterocycles. The van der Waals surface area contributed by atoms with Gasteiger partial charge in [-0.1, -0.05) is 75.8 Å². The largest absolute Gasteiger partial charge is 0.0692 e. The second-order valence-electron chi connectivity index (χ2n) is 5.56. The van der Waals surface area contributed by atoms with Crippen molar-refractivity contribution in [1.29, 1.82) is 0 Å². The third kappa shape index (κ3) is 2.52. The van der Waals surface area contributed by atoms with Crippen LogP contribution in [0.1, 0.15) is 33.3 Å². The highest BCUT2D eigenvalue weighted by molar-refractivity contribution is 5.78. The fourth-order valence-electron chi connectivity index (χ4n) is 2.55. The molecule has 1 aromatic carbocycles. The number of allylic oxidation sites excluding steroid dienone is 4. The summed E-state index contributed by atoms with van der Waals surface area (Å²) < 4.78 is 0. The molecule has 0 spiro atoms. The zero-order valence-electron chi connectivity index (χ0n) is 11.3. The van der Waals surface area contributed by atoms with Crippen molar-refractivity contribution in [3.63, 3.8) is 0 Å². The third-order valence-electron chi connectivity index (χ3n) is 3.56. The van der Waals surface area contributed by atoms with E-state index in [2.05, 4.69) is 70.2 Å². The van der Waals surface area contributed by atoms with Gasteiger partial charge in [0.2, 0.25) is 0 Å². The zero-order valence-corrected chi connectivity index (χ0v) is 11.3. The van der Waals surface area contributed by atoms with Gasteiger partial charge in [-0.2, -0.15) is 0 Å². The van der Waals surface area contributed by atoms with E-state index in [0.29, 0.717) is 17.8 Å². The van der Waals surface area contributed by atoms with Crippen LogP contribution in [0.2, 0.25) is 0 Å². The van der Waals surface area contributed by atoms with Crippen LogP contribution in [-0.4, -0.2) is 0 Å². The number of hydrogen-bond donors (Lipinski definition) is 0. The molecular weight excluding hydrogens is 204 g/mol. The Bertz CT molecular complexity index is 432. The van der Waals surface area contributed by atoms with Gasteiger partial charge in [0.05, 0.1) is 0 Å². The number of hydrogen-bond acceptors (Lipinski definition) is 0. The summed E-state index contributed by atoms with van der Waals surface area (Å²) in [7, 11) is 0. The minimum absolute atomic E-state index is 0.616. The molecule has 0 N–H and O–H groups in total. The van der Waals surface area contributed by atoms with Crippen LogP contribution in [0.5, 0.6) is 0 Å². The molecule has 0 heteroatoms. The average Bonchev–Trinajstić information content (AvgIpc) is 2.75. The van der Waals surface area contributed by atoms with Crippen LogP contribution >= 0.6 is 0 Å². The lowest BCUT2D eigenvalue weighted by molar-refractivity contribution is 0.491. The molecule has 1 aliphatic carbocycles. The second-order valence-corrected chi connectivity index (χ2v) is 5.56. The molecule has 0 saturated carbocycles. The van der Waals surface area contributed by atoms with Crippen LogP contribution in [0, 0.1) is 17.8 Å². The minimum atomic E-state index is 0.616. The molecule has 0 saturated heterocycles. The monoisotopic (exact) mass is 226 g/mol. The molecule has 0 bridgehead atoms. The summed E-state index contributed by atoms with van der Waals surface area (Å²) in [5, 5.41) is 0. The van der Waals surface area contributed by atoms with E-state index >= 15 is 0 Å². The van der Waals surface area contributed by atoms with Crippen LogP contribution < -0.4 is 0 Å². The molecule has 0 nitrogen and oxygen atoms in total. The lowest BCUT2D eigenvalue weighted by Crippen LogP contribution is -2.10. The van der Waals surface area contributed by atoms with E-state index in [1.807, 2.05) is 0 Å². The SMILES string of the molecule is CC(C)C1=CC(c2ccccc2)=CC1C(C)C. The van der Waals surface area contributed by atoms with Crippen LogP contribution in [0.4, 0.5) is 0 Å². The molecule has 1 unspecified atom stereocenters. The van der Waals surface area contributed by atoms with Gasteiger partial charge in [0, 0.05) is 5.92 Å². The fourth-order valence-corrected chi connectivity index (χ4v) is 2.55. The van der Waals surface area contributed by atoms with Gasteiger partial charge in [0.1, 0.15) is 0 Å². The van der Waals surface area contributed by atoms with Crippen molar-refractivity contribution < 1.29 is 0 Å². The van der Waals surface area contributed by atoms with Crippen molar-refractivity contribution in [1.82, 2.24) is 0 Å². The predicted octanol–water partition coefficient (Wildman–Crippen LogP) is 4.94. The topological polar surface area (TPSA) is 0 Å². The molecule has 2 rings (SSSR count). The van der Waals surface area contributed by atoms with Crippen molar-refractivity contribution in [2.24, 2.45) is 17.8 Å². The quantitative estimate of drug-likeness (QED) is 0.685. The van der Waals surface area contributed by atoms with Gasteiger partial charge in [-0.15, -0.1) is 0 Å². The van der Waals surface area contributed by atoms with Crippen LogP contribution in [0.25, 0.3) is 5.57 Å². The number of benzene rings is 1. The van der Waals surface area contributed by atoms with Crippen LogP contribution in [0.15, 0.2) is 48.1 Å². The third-order valence-corrected chi connectivity index (χ3v) is 3.56. The molecule has 1 aromatic rings. The summed E-state index contributed by atoms with van der Waals surface area (Å²) in [6.45, 7) is 9.21. The van der Waals surface area contributed by atoms with E-state index in [1.54, 1.807) is 5.57 Å². The lowest BCUT2D eigenvalue weighted by Gasteiger charge is -2.20. The Morgan fingerprint density at radius 2 is 1.59 bits per heavy atom. The van der Waals surface area contributed by atoms with E-state index in [0.717, 1.165) is 0 Å². The Morgan fingerprint density at radius 3 is 2.06 bits per heavy atom. The summed E-state index contributed by atoms with van der Waals surface area (Å²) in [5.74, 6) is 1.94. The maximum atomic E-state index is 2.44. The van der Waals surface area contributed by atoms with E-state index in [-0.39, 0.29) is 0 Å². The van der Waals surface area contributed by atoms with Gasteiger partial charge in [-0.3, -0.25) is 0 Å². The highest BCUT2D eigenvalue weighted by atomic mass is 14.3. The Kier molecular flexibility index (Phi) is 3.51. The Hall–Kier alpha value is -1.30. The standard InChI is InChI=1S/C17H22/c1-12(2)16-10-15(11-17(16)13(3)4)14-8-6-5-7-9-14/h5-13,16H,1-4H3. The maximum absolute atomic E-state index is 2.44. The van der Waals surface area contributed by atoms with Crippen molar-refractivity contribution in [2.75, 3.05) is 0 Å². The second kappa shape index (κ2) is 4.91. The maximum Gasteiger partial charge on any atom is 0.00149 e. The molecule has 1 aliphatic rings. The van der Waals surface area contributed by atoms with E-state index in [4.69, 9.17) is 0 Å².